The number of primary amides is 1. The number of pyridine rings is 1. The second kappa shape index (κ2) is 4.61. The average Bonchev–Trinajstić information content (AvgIpc) is 2.74. The standard InChI is InChI=1S/C11H16FN5OSi/c1-19(2,3)9-7-16(17(15-9)11(13)18)8-5-4-6-14-10(8)12/h4-6H,7H2,1-3H3,(H2,13,18). The summed E-state index contributed by atoms with van der Waals surface area (Å²) < 4.78 is 13.7. The third-order valence-corrected chi connectivity index (χ3v) is 4.81. The number of hydrazine groups is 1. The number of carbonyl (C=O) groups excluding carboxylic acids is 1. The lowest BCUT2D eigenvalue weighted by molar-refractivity contribution is 0.209. The number of amides is 2. The summed E-state index contributed by atoms with van der Waals surface area (Å²) in [6.07, 6.45) is 1.35. The maximum absolute atomic E-state index is 13.7. The summed E-state index contributed by atoms with van der Waals surface area (Å²) in [6.45, 7) is 6.68. The molecule has 19 heavy (non-hydrogen) atoms. The topological polar surface area (TPSA) is 74.8 Å². The van der Waals surface area contributed by atoms with Crippen LogP contribution < -0.4 is 10.7 Å². The molecule has 0 atom stereocenters. The van der Waals surface area contributed by atoms with Crippen LogP contribution in [0.2, 0.25) is 19.6 Å². The van der Waals surface area contributed by atoms with Crippen molar-refractivity contribution in [2.75, 3.05) is 11.6 Å². The molecule has 0 aliphatic carbocycles. The SMILES string of the molecule is C[Si](C)(C)C1=NN(C(N)=O)N(c2cccnc2F)C1. The van der Waals surface area contributed by atoms with E-state index in [1.54, 1.807) is 12.1 Å². The monoisotopic (exact) mass is 281 g/mol. The van der Waals surface area contributed by atoms with E-state index >= 15 is 0 Å². The Labute approximate surface area is 111 Å². The highest BCUT2D eigenvalue weighted by molar-refractivity contribution is 7.04. The van der Waals surface area contributed by atoms with Gasteiger partial charge in [0.15, 0.2) is 0 Å². The summed E-state index contributed by atoms with van der Waals surface area (Å²) in [6, 6.07) is 2.40. The smallest absolute Gasteiger partial charge is 0.348 e. The number of halogens is 1. The van der Waals surface area contributed by atoms with Gasteiger partial charge in [-0.25, -0.2) is 9.78 Å². The van der Waals surface area contributed by atoms with Gasteiger partial charge >= 0.3 is 6.03 Å². The van der Waals surface area contributed by atoms with Gasteiger partial charge in [0.25, 0.3) is 0 Å². The molecule has 8 heteroatoms. The van der Waals surface area contributed by atoms with E-state index < -0.39 is 20.1 Å². The zero-order valence-electron chi connectivity index (χ0n) is 11.1. The molecule has 1 aliphatic rings. The molecule has 102 valence electrons. The lowest BCUT2D eigenvalue weighted by atomic mass is 10.4. The third-order valence-electron chi connectivity index (χ3n) is 2.82. The molecular formula is C11H16FN5OSi. The highest BCUT2D eigenvalue weighted by Crippen LogP contribution is 2.24. The molecule has 1 aromatic heterocycles. The van der Waals surface area contributed by atoms with Crippen molar-refractivity contribution in [3.63, 3.8) is 0 Å². The zero-order chi connectivity index (χ0) is 14.2. The maximum Gasteiger partial charge on any atom is 0.355 e. The first-order valence-corrected chi connectivity index (χ1v) is 9.36. The van der Waals surface area contributed by atoms with E-state index in [9.17, 15) is 9.18 Å². The van der Waals surface area contributed by atoms with Gasteiger partial charge in [0, 0.05) is 11.5 Å². The van der Waals surface area contributed by atoms with Crippen molar-refractivity contribution in [1.29, 1.82) is 0 Å². The van der Waals surface area contributed by atoms with Crippen LogP contribution in [0.1, 0.15) is 0 Å². The first-order chi connectivity index (χ1) is 8.80. The van der Waals surface area contributed by atoms with Gasteiger partial charge in [-0.1, -0.05) is 19.6 Å². The van der Waals surface area contributed by atoms with Crippen molar-refractivity contribution < 1.29 is 9.18 Å². The Kier molecular flexibility index (Phi) is 3.27. The summed E-state index contributed by atoms with van der Waals surface area (Å²) in [5, 5.41) is 7.53. The number of hydrogen-bond acceptors (Lipinski definition) is 4. The fourth-order valence-corrected chi connectivity index (χ4v) is 2.74. The minimum Gasteiger partial charge on any atom is -0.348 e. The van der Waals surface area contributed by atoms with E-state index in [0.717, 1.165) is 10.5 Å². The number of hydrogen-bond donors (Lipinski definition) is 1. The van der Waals surface area contributed by atoms with E-state index in [1.807, 2.05) is 0 Å². The Bertz CT molecular complexity index is 542. The van der Waals surface area contributed by atoms with Crippen molar-refractivity contribution in [2.24, 2.45) is 10.8 Å². The molecule has 0 fully saturated rings. The summed E-state index contributed by atoms with van der Waals surface area (Å²) >= 11 is 0. The maximum atomic E-state index is 13.7. The number of hydrazone groups is 1. The van der Waals surface area contributed by atoms with Gasteiger partial charge in [-0.2, -0.15) is 9.49 Å². The summed E-state index contributed by atoms with van der Waals surface area (Å²) in [5.41, 5.74) is 5.48. The van der Waals surface area contributed by atoms with Crippen LogP contribution in [0.3, 0.4) is 0 Å². The molecule has 0 bridgehead atoms. The second-order valence-electron chi connectivity index (χ2n) is 5.30. The number of carbonyl (C=O) groups is 1. The third kappa shape index (κ3) is 2.57. The Morgan fingerprint density at radius 2 is 2.16 bits per heavy atom. The van der Waals surface area contributed by atoms with Gasteiger partial charge in [-0.15, -0.1) is 5.12 Å². The van der Waals surface area contributed by atoms with Crippen LogP contribution in [0.15, 0.2) is 23.4 Å². The molecule has 2 heterocycles. The molecule has 0 unspecified atom stereocenters. The van der Waals surface area contributed by atoms with Gasteiger partial charge in [0.2, 0.25) is 5.95 Å². The molecule has 0 saturated heterocycles. The fraction of sp³-hybridized carbons (Fsp3) is 0.364. The van der Waals surface area contributed by atoms with Gasteiger partial charge in [-0.3, -0.25) is 5.01 Å². The number of aromatic nitrogens is 1. The predicted octanol–water partition coefficient (Wildman–Crippen LogP) is 1.57. The quantitative estimate of drug-likeness (QED) is 0.660. The lowest BCUT2D eigenvalue weighted by Gasteiger charge is -2.25. The molecule has 0 aromatic carbocycles. The number of anilines is 1. The van der Waals surface area contributed by atoms with Crippen LogP contribution in [0.5, 0.6) is 0 Å². The van der Waals surface area contributed by atoms with Gasteiger partial charge < -0.3 is 5.73 Å². The van der Waals surface area contributed by atoms with Crippen molar-refractivity contribution in [2.45, 2.75) is 19.6 Å². The summed E-state index contributed by atoms with van der Waals surface area (Å²) in [7, 11) is -1.69. The normalized spacial score (nSPS) is 15.7. The highest BCUT2D eigenvalue weighted by atomic mass is 28.3. The zero-order valence-corrected chi connectivity index (χ0v) is 12.1. The van der Waals surface area contributed by atoms with E-state index in [2.05, 4.69) is 29.7 Å². The summed E-state index contributed by atoms with van der Waals surface area (Å²) in [4.78, 5) is 15.0. The van der Waals surface area contributed by atoms with E-state index in [-0.39, 0.29) is 5.69 Å². The molecule has 2 amide bonds. The van der Waals surface area contributed by atoms with Crippen LogP contribution in [-0.4, -0.2) is 36.1 Å². The lowest BCUT2D eigenvalue weighted by Crippen LogP contribution is -2.44. The first-order valence-electron chi connectivity index (χ1n) is 5.86. The Balaban J connectivity index is 2.38. The predicted molar refractivity (Wildman–Crippen MR) is 73.7 cm³/mol. The van der Waals surface area contributed by atoms with Crippen molar-refractivity contribution in [3.05, 3.63) is 24.3 Å². The Morgan fingerprint density at radius 3 is 2.68 bits per heavy atom. The van der Waals surface area contributed by atoms with Crippen LogP contribution in [0, 0.1) is 5.95 Å². The molecule has 0 saturated carbocycles. The number of urea groups is 1. The largest absolute Gasteiger partial charge is 0.355 e. The Morgan fingerprint density at radius 1 is 1.47 bits per heavy atom. The van der Waals surface area contributed by atoms with E-state index in [1.165, 1.54) is 11.2 Å². The number of nitrogens with two attached hydrogens (primary N) is 1. The van der Waals surface area contributed by atoms with Crippen LogP contribution in [0.25, 0.3) is 0 Å². The van der Waals surface area contributed by atoms with Crippen LogP contribution in [0.4, 0.5) is 14.9 Å². The van der Waals surface area contributed by atoms with Crippen molar-refractivity contribution in [1.82, 2.24) is 10.1 Å². The average molecular weight is 281 g/mol. The van der Waals surface area contributed by atoms with Crippen molar-refractivity contribution >= 4 is 25.1 Å². The highest BCUT2D eigenvalue weighted by Gasteiger charge is 2.35. The van der Waals surface area contributed by atoms with Gasteiger partial charge in [-0.05, 0) is 12.1 Å². The second-order valence-corrected chi connectivity index (χ2v) is 10.4. The number of nitrogens with zero attached hydrogens (tertiary/aromatic N) is 4. The summed E-state index contributed by atoms with van der Waals surface area (Å²) in [5.74, 6) is -0.652. The van der Waals surface area contributed by atoms with Crippen LogP contribution >= 0.6 is 0 Å². The Hall–Kier alpha value is -1.96. The van der Waals surface area contributed by atoms with E-state index in [4.69, 9.17) is 5.73 Å². The molecule has 1 aliphatic heterocycles. The molecule has 1 aromatic rings. The van der Waals surface area contributed by atoms with Crippen LogP contribution in [-0.2, 0) is 0 Å². The fourth-order valence-electron chi connectivity index (χ4n) is 1.72. The molecular weight excluding hydrogens is 265 g/mol. The molecule has 0 radical (unpaired) electrons. The first kappa shape index (κ1) is 13.5. The number of rotatable bonds is 2. The van der Waals surface area contributed by atoms with E-state index in [0.29, 0.717) is 6.54 Å². The minimum absolute atomic E-state index is 0.193. The molecule has 2 N–H and O–H groups in total. The van der Waals surface area contributed by atoms with Gasteiger partial charge in [0.05, 0.1) is 6.54 Å². The van der Waals surface area contributed by atoms with Gasteiger partial charge in [0.1, 0.15) is 13.8 Å². The van der Waals surface area contributed by atoms with Crippen molar-refractivity contribution in [3.8, 4) is 0 Å². The molecule has 0 spiro atoms. The molecule has 6 nitrogen and oxygen atoms in total. The minimum atomic E-state index is -1.69. The molecule has 2 rings (SSSR count).